The zero-order valence-corrected chi connectivity index (χ0v) is 27.4. The molecule has 0 bridgehead atoms. The Bertz CT molecular complexity index is 1070. The van der Waals surface area contributed by atoms with Crippen molar-refractivity contribution in [2.75, 3.05) is 13.1 Å². The lowest BCUT2D eigenvalue weighted by Gasteiger charge is -2.70. The third-order valence-corrected chi connectivity index (χ3v) is 14.1. The Balaban J connectivity index is 1.37. The van der Waals surface area contributed by atoms with E-state index in [1.54, 1.807) is 0 Å². The van der Waals surface area contributed by atoms with Crippen LogP contribution in [-0.4, -0.2) is 64.7 Å². The summed E-state index contributed by atoms with van der Waals surface area (Å²) in [5.41, 5.74) is 4.06. The van der Waals surface area contributed by atoms with Crippen molar-refractivity contribution in [3.8, 4) is 0 Å². The van der Waals surface area contributed by atoms with Gasteiger partial charge in [0.1, 0.15) is 12.6 Å². The van der Waals surface area contributed by atoms with Crippen LogP contribution < -0.4 is 11.1 Å². The van der Waals surface area contributed by atoms with E-state index in [-0.39, 0.29) is 76.4 Å². The Morgan fingerprint density at radius 1 is 0.952 bits per heavy atom. The van der Waals surface area contributed by atoms with Crippen molar-refractivity contribution in [1.82, 2.24) is 5.32 Å². The molecule has 1 saturated heterocycles. The second-order valence-corrected chi connectivity index (χ2v) is 16.9. The van der Waals surface area contributed by atoms with Crippen molar-refractivity contribution in [2.45, 2.75) is 143 Å². The van der Waals surface area contributed by atoms with Gasteiger partial charge < -0.3 is 30.7 Å². The second kappa shape index (κ2) is 10.4. The van der Waals surface area contributed by atoms with Crippen LogP contribution in [0, 0.1) is 45.3 Å². The molecule has 1 heterocycles. The van der Waals surface area contributed by atoms with Crippen molar-refractivity contribution in [3.05, 3.63) is 0 Å². The van der Waals surface area contributed by atoms with Crippen LogP contribution >= 0.6 is 0 Å². The number of aliphatic hydroxyl groups excluding tert-OH is 1. The van der Waals surface area contributed by atoms with Gasteiger partial charge in [-0.3, -0.25) is 9.59 Å². The lowest BCUT2D eigenvalue weighted by molar-refractivity contribution is -0.251. The topological polar surface area (TPSA) is 131 Å². The van der Waals surface area contributed by atoms with Crippen LogP contribution in [0.4, 0.5) is 0 Å². The molecule has 11 atom stereocenters. The largest absolute Gasteiger partial charge is 0.460 e. The average Bonchev–Trinajstić information content (AvgIpc) is 3.49. The second-order valence-electron chi connectivity index (χ2n) is 16.9. The summed E-state index contributed by atoms with van der Waals surface area (Å²) in [5.74, 6) is 0.421. The number of amides is 1. The van der Waals surface area contributed by atoms with Crippen LogP contribution in [-0.2, 0) is 19.1 Å². The molecule has 0 radical (unpaired) electrons. The Morgan fingerprint density at radius 2 is 1.62 bits per heavy atom. The molecular formula is C34H58N2O6. The molecule has 5 fully saturated rings. The molecule has 1 aliphatic heterocycles. The van der Waals surface area contributed by atoms with Crippen molar-refractivity contribution >= 4 is 11.9 Å². The van der Waals surface area contributed by atoms with Crippen molar-refractivity contribution in [2.24, 2.45) is 51.1 Å². The van der Waals surface area contributed by atoms with E-state index in [9.17, 15) is 19.8 Å². The molecule has 0 aromatic carbocycles. The predicted molar refractivity (Wildman–Crippen MR) is 161 cm³/mol. The van der Waals surface area contributed by atoms with Gasteiger partial charge in [-0.1, -0.05) is 34.6 Å². The first-order valence-corrected chi connectivity index (χ1v) is 16.6. The van der Waals surface area contributed by atoms with E-state index in [1.807, 2.05) is 13.8 Å². The minimum atomic E-state index is -0.868. The van der Waals surface area contributed by atoms with Crippen molar-refractivity contribution < 1.29 is 29.3 Å². The number of fused-ring (bicyclic) bond motifs is 5. The molecule has 5 N–H and O–H groups in total. The maximum absolute atomic E-state index is 12.7. The quantitative estimate of drug-likeness (QED) is 0.339. The number of ether oxygens (including phenoxy) is 2. The normalized spacial score (nSPS) is 48.1. The zero-order valence-electron chi connectivity index (χ0n) is 27.4. The number of esters is 1. The summed E-state index contributed by atoms with van der Waals surface area (Å²) in [4.78, 5) is 24.2. The highest BCUT2D eigenvalue weighted by Gasteiger charge is 2.72. The third kappa shape index (κ3) is 4.76. The minimum absolute atomic E-state index is 0.00181. The fraction of sp³-hybridized carbons (Fsp3) is 0.941. The molecule has 0 unspecified atom stereocenters. The standard InChI is InChI=1S/C34H58N2O6/c1-29(2)22-10-15-32(6)23(31(22,5)13-11-24(29)41-27(39)19-36-26(38)18-35)17-21(37)28-20(9-14-33(28,32)7)34(8)16-12-25(42-34)30(3,4)40/h20-25,28,37,40H,9-19,35H2,1-8H3,(H,36,38)/t20-,21+,22-,23+,24-,25-,28-,31-,32+,33+,34-/m0/s1. The van der Waals surface area contributed by atoms with Gasteiger partial charge in [-0.2, -0.15) is 0 Å². The highest BCUT2D eigenvalue weighted by molar-refractivity contribution is 5.83. The molecule has 4 saturated carbocycles. The van der Waals surface area contributed by atoms with Crippen LogP contribution in [0.5, 0.6) is 0 Å². The van der Waals surface area contributed by atoms with Crippen LogP contribution in [0.3, 0.4) is 0 Å². The Kier molecular flexibility index (Phi) is 7.98. The molecule has 42 heavy (non-hydrogen) atoms. The van der Waals surface area contributed by atoms with Gasteiger partial charge in [-0.15, -0.1) is 0 Å². The highest BCUT2D eigenvalue weighted by Crippen LogP contribution is 2.76. The maximum atomic E-state index is 12.7. The molecular weight excluding hydrogens is 532 g/mol. The van der Waals surface area contributed by atoms with E-state index in [1.165, 1.54) is 0 Å². The number of rotatable bonds is 6. The summed E-state index contributed by atoms with van der Waals surface area (Å²) in [6, 6.07) is 0. The van der Waals surface area contributed by atoms with Gasteiger partial charge >= 0.3 is 5.97 Å². The summed E-state index contributed by atoms with van der Waals surface area (Å²) >= 11 is 0. The molecule has 0 spiro atoms. The van der Waals surface area contributed by atoms with Crippen molar-refractivity contribution in [1.29, 1.82) is 0 Å². The monoisotopic (exact) mass is 590 g/mol. The maximum Gasteiger partial charge on any atom is 0.325 e. The Hall–Kier alpha value is -1.22. The highest BCUT2D eigenvalue weighted by atomic mass is 16.5. The number of aliphatic hydroxyl groups is 2. The fourth-order valence-corrected chi connectivity index (χ4v) is 11.7. The molecule has 5 rings (SSSR count). The van der Waals surface area contributed by atoms with Crippen LogP contribution in [0.25, 0.3) is 0 Å². The number of carbonyl (C=O) groups excluding carboxylic acids is 2. The number of nitrogens with two attached hydrogens (primary N) is 1. The molecule has 240 valence electrons. The fourth-order valence-electron chi connectivity index (χ4n) is 11.7. The van der Waals surface area contributed by atoms with E-state index in [2.05, 4.69) is 46.9 Å². The first-order chi connectivity index (χ1) is 19.3. The van der Waals surface area contributed by atoms with E-state index in [0.29, 0.717) is 11.8 Å². The molecule has 1 amide bonds. The van der Waals surface area contributed by atoms with Gasteiger partial charge in [0.15, 0.2) is 0 Å². The molecule has 4 aliphatic carbocycles. The van der Waals surface area contributed by atoms with E-state index >= 15 is 0 Å². The average molecular weight is 591 g/mol. The number of nitrogens with one attached hydrogen (secondary N) is 1. The summed E-state index contributed by atoms with van der Waals surface area (Å²) < 4.78 is 12.7. The van der Waals surface area contributed by atoms with Gasteiger partial charge in [0.2, 0.25) is 5.91 Å². The zero-order chi connectivity index (χ0) is 31.1. The summed E-state index contributed by atoms with van der Waals surface area (Å²) in [7, 11) is 0. The first-order valence-electron chi connectivity index (χ1n) is 16.6. The molecule has 0 aromatic heterocycles. The Morgan fingerprint density at radius 3 is 2.24 bits per heavy atom. The van der Waals surface area contributed by atoms with E-state index in [4.69, 9.17) is 15.2 Å². The first kappa shape index (κ1) is 32.2. The van der Waals surface area contributed by atoms with Crippen LogP contribution in [0.2, 0.25) is 0 Å². The third-order valence-electron chi connectivity index (χ3n) is 14.1. The molecule has 0 aromatic rings. The van der Waals surface area contributed by atoms with Gasteiger partial charge in [0, 0.05) is 5.41 Å². The van der Waals surface area contributed by atoms with E-state index in [0.717, 1.165) is 57.8 Å². The van der Waals surface area contributed by atoms with Crippen LogP contribution in [0.15, 0.2) is 0 Å². The van der Waals surface area contributed by atoms with Gasteiger partial charge in [-0.25, -0.2) is 0 Å². The molecule has 8 nitrogen and oxygen atoms in total. The SMILES string of the molecule is CC(C)(O)[C@@H]1CC[C@@](C)([C@H]2CC[C@]3(C)[C@@H]2[C@H](O)C[C@@H]2[C@@]4(C)CC[C@H](OC(=O)CNC(=O)CN)C(C)(C)[C@@H]4CC[C@]23C)O1. The van der Waals surface area contributed by atoms with Gasteiger partial charge in [0.05, 0.1) is 30.0 Å². The minimum Gasteiger partial charge on any atom is -0.460 e. The number of hydrogen-bond donors (Lipinski definition) is 4. The number of hydrogen-bond acceptors (Lipinski definition) is 7. The lowest BCUT2D eigenvalue weighted by Crippen LogP contribution is -2.66. The Labute approximate surface area is 253 Å². The summed E-state index contributed by atoms with van der Waals surface area (Å²) in [5, 5.41) is 25.3. The smallest absolute Gasteiger partial charge is 0.325 e. The number of carbonyl (C=O) groups is 2. The lowest BCUT2D eigenvalue weighted by atomic mass is 9.35. The summed E-state index contributed by atoms with van der Waals surface area (Å²) in [6.07, 6.45) is 7.89. The summed E-state index contributed by atoms with van der Waals surface area (Å²) in [6.45, 7) is 17.6. The van der Waals surface area contributed by atoms with Gasteiger partial charge in [-0.05, 0) is 118 Å². The van der Waals surface area contributed by atoms with E-state index < -0.39 is 11.6 Å². The van der Waals surface area contributed by atoms with Crippen molar-refractivity contribution in [3.63, 3.8) is 0 Å². The predicted octanol–water partition coefficient (Wildman–Crippen LogP) is 4.34. The molecule has 8 heteroatoms. The molecule has 5 aliphatic rings. The van der Waals surface area contributed by atoms with Crippen LogP contribution in [0.1, 0.15) is 113 Å². The van der Waals surface area contributed by atoms with Gasteiger partial charge in [0.25, 0.3) is 0 Å².